The number of hydrogen-bond acceptors (Lipinski definition) is 1. The Kier molecular flexibility index (Phi) is 5.42. The first kappa shape index (κ1) is 16.5. The van der Waals surface area contributed by atoms with Crippen molar-refractivity contribution in [1.82, 2.24) is 0 Å². The number of allylic oxidation sites excluding steroid dienone is 4. The van der Waals surface area contributed by atoms with Crippen molar-refractivity contribution in [3.8, 4) is 0 Å². The van der Waals surface area contributed by atoms with Gasteiger partial charge in [0.15, 0.2) is 12.9 Å². The SMILES string of the molecule is CCC1C=CCC(C(=O)C(C)(C)C)=C1[I+]c1ccccc1. The molecule has 21 heavy (non-hydrogen) atoms. The quantitative estimate of drug-likeness (QED) is 0.562. The molecule has 0 aliphatic heterocycles. The lowest BCUT2D eigenvalue weighted by molar-refractivity contribution is -0.583. The van der Waals surface area contributed by atoms with Gasteiger partial charge < -0.3 is 0 Å². The summed E-state index contributed by atoms with van der Waals surface area (Å²) in [7, 11) is 0. The Labute approximate surface area is 138 Å². The van der Waals surface area contributed by atoms with Crippen molar-refractivity contribution in [2.45, 2.75) is 40.5 Å². The molecule has 1 aromatic rings. The Morgan fingerprint density at radius 3 is 2.48 bits per heavy atom. The minimum absolute atomic E-state index is 0.255. The van der Waals surface area contributed by atoms with E-state index in [1.807, 2.05) is 20.8 Å². The third kappa shape index (κ3) is 4.06. The fraction of sp³-hybridized carbons (Fsp3) is 0.421. The van der Waals surface area contributed by atoms with Gasteiger partial charge >= 0.3 is 21.2 Å². The first-order valence-electron chi connectivity index (χ1n) is 7.58. The summed E-state index contributed by atoms with van der Waals surface area (Å²) in [6.07, 6.45) is 6.39. The van der Waals surface area contributed by atoms with E-state index in [1.54, 1.807) is 0 Å². The highest BCUT2D eigenvalue weighted by molar-refractivity contribution is 6.00. The highest BCUT2D eigenvalue weighted by Crippen LogP contribution is 2.28. The molecule has 0 amide bonds. The van der Waals surface area contributed by atoms with Gasteiger partial charge in [-0.3, -0.25) is 4.79 Å². The first-order chi connectivity index (χ1) is 9.93. The maximum atomic E-state index is 12.8. The van der Waals surface area contributed by atoms with Crippen molar-refractivity contribution in [1.29, 1.82) is 0 Å². The second-order valence-corrected chi connectivity index (χ2v) is 9.39. The van der Waals surface area contributed by atoms with Gasteiger partial charge in [0.25, 0.3) is 0 Å². The van der Waals surface area contributed by atoms with Gasteiger partial charge in [-0.2, -0.15) is 0 Å². The van der Waals surface area contributed by atoms with Gasteiger partial charge in [0.05, 0.1) is 0 Å². The number of benzene rings is 1. The Balaban J connectivity index is 2.40. The number of ketones is 1. The van der Waals surface area contributed by atoms with Crippen molar-refractivity contribution < 1.29 is 26.0 Å². The van der Waals surface area contributed by atoms with E-state index in [-0.39, 0.29) is 26.6 Å². The van der Waals surface area contributed by atoms with Crippen LogP contribution in [0.3, 0.4) is 0 Å². The molecule has 0 spiro atoms. The molecular formula is C19H24IO+. The van der Waals surface area contributed by atoms with E-state index < -0.39 is 0 Å². The summed E-state index contributed by atoms with van der Waals surface area (Å²) < 4.78 is 2.84. The van der Waals surface area contributed by atoms with Crippen LogP contribution in [0, 0.1) is 14.9 Å². The van der Waals surface area contributed by atoms with E-state index in [1.165, 1.54) is 7.15 Å². The highest BCUT2D eigenvalue weighted by atomic mass is 127. The van der Waals surface area contributed by atoms with Gasteiger partial charge in [-0.15, -0.1) is 0 Å². The van der Waals surface area contributed by atoms with Gasteiger partial charge in [0.1, 0.15) is 0 Å². The van der Waals surface area contributed by atoms with E-state index in [4.69, 9.17) is 0 Å². The molecule has 1 aliphatic rings. The van der Waals surface area contributed by atoms with Crippen LogP contribution in [0.1, 0.15) is 40.5 Å². The van der Waals surface area contributed by atoms with Crippen LogP contribution in [0.25, 0.3) is 0 Å². The van der Waals surface area contributed by atoms with Crippen molar-refractivity contribution in [2.24, 2.45) is 11.3 Å². The smallest absolute Gasteiger partial charge is 0.294 e. The molecule has 1 aromatic carbocycles. The summed E-state index contributed by atoms with van der Waals surface area (Å²) in [5.74, 6) is 0.781. The number of Topliss-reactive ketones (excluding diaryl/α,β-unsaturated/α-hetero) is 1. The fourth-order valence-corrected chi connectivity index (χ4v) is 5.73. The molecule has 0 N–H and O–H groups in total. The van der Waals surface area contributed by atoms with Crippen LogP contribution in [-0.4, -0.2) is 5.78 Å². The lowest BCUT2D eigenvalue weighted by Gasteiger charge is -2.22. The van der Waals surface area contributed by atoms with E-state index in [9.17, 15) is 4.79 Å². The highest BCUT2D eigenvalue weighted by Gasteiger charge is 2.37. The second kappa shape index (κ2) is 6.91. The molecule has 0 saturated carbocycles. The molecule has 0 aromatic heterocycles. The van der Waals surface area contributed by atoms with Crippen LogP contribution in [0.5, 0.6) is 0 Å². The van der Waals surface area contributed by atoms with Gasteiger partial charge in [-0.05, 0) is 25.0 Å². The van der Waals surface area contributed by atoms with Crippen molar-refractivity contribution in [3.05, 3.63) is 55.2 Å². The Morgan fingerprint density at radius 1 is 1.24 bits per heavy atom. The summed E-state index contributed by atoms with van der Waals surface area (Å²) in [5.41, 5.74) is 0.804. The minimum Gasteiger partial charge on any atom is -0.294 e. The number of hydrogen-bond donors (Lipinski definition) is 0. The van der Waals surface area contributed by atoms with Gasteiger partial charge in [-0.1, -0.05) is 58.0 Å². The number of carbonyl (C=O) groups excluding carboxylic acids is 1. The van der Waals surface area contributed by atoms with Crippen LogP contribution in [0.15, 0.2) is 51.6 Å². The lowest BCUT2D eigenvalue weighted by atomic mass is 9.82. The maximum absolute atomic E-state index is 12.8. The lowest BCUT2D eigenvalue weighted by Crippen LogP contribution is -3.61. The molecule has 2 heteroatoms. The Morgan fingerprint density at radius 2 is 1.90 bits per heavy atom. The van der Waals surface area contributed by atoms with E-state index in [0.29, 0.717) is 11.7 Å². The van der Waals surface area contributed by atoms with Gasteiger partial charge in [0.2, 0.25) is 0 Å². The number of halogens is 1. The second-order valence-electron chi connectivity index (χ2n) is 6.44. The molecule has 0 heterocycles. The Bertz CT molecular complexity index is 561. The van der Waals surface area contributed by atoms with Crippen molar-refractivity contribution in [3.63, 3.8) is 0 Å². The molecule has 2 rings (SSSR count). The van der Waals surface area contributed by atoms with Crippen LogP contribution in [0.2, 0.25) is 0 Å². The van der Waals surface area contributed by atoms with Crippen LogP contribution in [-0.2, 0) is 4.79 Å². The average Bonchev–Trinajstić information content (AvgIpc) is 2.47. The standard InChI is InChI=1S/C19H24IO/c1-5-14-10-9-13-16(18(21)19(2,3)4)17(14)20-15-11-7-6-8-12-15/h6-12,14H,5,13H2,1-4H3/q+1. The molecule has 1 unspecified atom stereocenters. The summed E-state index contributed by atoms with van der Waals surface area (Å²) >= 11 is -0.255. The monoisotopic (exact) mass is 395 g/mol. The molecule has 1 aliphatic carbocycles. The Hall–Kier alpha value is -0.900. The number of rotatable bonds is 4. The molecule has 0 saturated heterocycles. The summed E-state index contributed by atoms with van der Waals surface area (Å²) in [6.45, 7) is 8.30. The topological polar surface area (TPSA) is 17.1 Å². The predicted molar refractivity (Wildman–Crippen MR) is 84.2 cm³/mol. The van der Waals surface area contributed by atoms with Crippen molar-refractivity contribution in [2.75, 3.05) is 0 Å². The van der Waals surface area contributed by atoms with E-state index in [2.05, 4.69) is 49.4 Å². The zero-order chi connectivity index (χ0) is 15.5. The van der Waals surface area contributed by atoms with E-state index in [0.717, 1.165) is 18.4 Å². The summed E-state index contributed by atoms with van der Waals surface area (Å²) in [6, 6.07) is 10.6. The molecule has 112 valence electrons. The third-order valence-electron chi connectivity index (χ3n) is 3.64. The summed E-state index contributed by atoms with van der Waals surface area (Å²) in [5, 5.41) is 0. The van der Waals surface area contributed by atoms with Gasteiger partial charge in [0, 0.05) is 16.9 Å². The normalized spacial score (nSPS) is 19.0. The first-order valence-corrected chi connectivity index (χ1v) is 9.73. The third-order valence-corrected chi connectivity index (χ3v) is 7.02. The minimum atomic E-state index is -0.287. The molecule has 0 fully saturated rings. The molecule has 1 nitrogen and oxygen atoms in total. The fourth-order valence-electron chi connectivity index (χ4n) is 2.45. The van der Waals surface area contributed by atoms with Crippen LogP contribution >= 0.6 is 0 Å². The van der Waals surface area contributed by atoms with E-state index >= 15 is 0 Å². The van der Waals surface area contributed by atoms with Crippen LogP contribution < -0.4 is 21.2 Å². The molecular weight excluding hydrogens is 371 g/mol. The maximum Gasteiger partial charge on any atom is 0.354 e. The molecule has 0 radical (unpaired) electrons. The zero-order valence-electron chi connectivity index (χ0n) is 13.3. The molecule has 0 bridgehead atoms. The largest absolute Gasteiger partial charge is 0.354 e. The average molecular weight is 395 g/mol. The zero-order valence-corrected chi connectivity index (χ0v) is 15.5. The molecule has 1 atom stereocenters. The number of carbonyl (C=O) groups is 1. The van der Waals surface area contributed by atoms with Crippen LogP contribution in [0.4, 0.5) is 0 Å². The van der Waals surface area contributed by atoms with Gasteiger partial charge in [-0.25, -0.2) is 0 Å². The van der Waals surface area contributed by atoms with Crippen molar-refractivity contribution >= 4 is 5.78 Å². The predicted octanol–water partition coefficient (Wildman–Crippen LogP) is 1.80. The summed E-state index contributed by atoms with van der Waals surface area (Å²) in [4.78, 5) is 12.8.